The minimum absolute atomic E-state index is 0.228. The summed E-state index contributed by atoms with van der Waals surface area (Å²) in [7, 11) is 0. The summed E-state index contributed by atoms with van der Waals surface area (Å²) in [5.74, 6) is -1.17. The molecule has 0 spiro atoms. The fraction of sp³-hybridized carbons (Fsp3) is 0.900. The Bertz CT molecular complexity index is 134. The van der Waals surface area contributed by atoms with E-state index in [1.165, 1.54) is 19.3 Å². The number of carboxylic acids is 1. The molecule has 0 heterocycles. The summed E-state index contributed by atoms with van der Waals surface area (Å²) < 4.78 is 0. The van der Waals surface area contributed by atoms with E-state index in [0.717, 1.165) is 12.8 Å². The molecule has 78 valence electrons. The van der Waals surface area contributed by atoms with Gasteiger partial charge in [-0.1, -0.05) is 39.0 Å². The van der Waals surface area contributed by atoms with E-state index in [1.807, 2.05) is 0 Å². The van der Waals surface area contributed by atoms with Crippen LogP contribution in [0.15, 0.2) is 0 Å². The summed E-state index contributed by atoms with van der Waals surface area (Å²) in [6, 6.07) is 0. The van der Waals surface area contributed by atoms with Crippen molar-refractivity contribution >= 4 is 5.97 Å². The molecule has 3 nitrogen and oxygen atoms in total. The van der Waals surface area contributed by atoms with Crippen molar-refractivity contribution in [2.75, 3.05) is 0 Å². The van der Waals surface area contributed by atoms with E-state index >= 15 is 0 Å². The molecule has 0 aromatic heterocycles. The van der Waals surface area contributed by atoms with Gasteiger partial charge in [0.2, 0.25) is 0 Å². The molecular formula is C10H19O3-. The second kappa shape index (κ2) is 8.05. The topological polar surface area (TPSA) is 60.4 Å². The summed E-state index contributed by atoms with van der Waals surface area (Å²) in [5, 5.41) is 19.2. The lowest BCUT2D eigenvalue weighted by molar-refractivity contribution is -0.307. The van der Waals surface area contributed by atoms with Crippen LogP contribution in [0.25, 0.3) is 0 Å². The maximum absolute atomic E-state index is 10.1. The maximum Gasteiger partial charge on any atom is 0.0592 e. The minimum Gasteiger partial charge on any atom is -0.550 e. The Hall–Kier alpha value is -0.570. The van der Waals surface area contributed by atoms with E-state index in [-0.39, 0.29) is 6.42 Å². The number of carboxylic acid groups (broad SMARTS) is 1. The van der Waals surface area contributed by atoms with Crippen molar-refractivity contribution in [1.29, 1.82) is 0 Å². The average molecular weight is 187 g/mol. The zero-order valence-corrected chi connectivity index (χ0v) is 8.29. The maximum atomic E-state index is 10.1. The normalized spacial score (nSPS) is 12.8. The number of hydrogen-bond donors (Lipinski definition) is 1. The first-order chi connectivity index (χ1) is 6.16. The second-order valence-electron chi connectivity index (χ2n) is 3.43. The standard InChI is InChI=1S/C10H20O3/c1-2-3-4-5-6-7-9(11)8-10(12)13/h9,11H,2-8H2,1H3,(H,12,13)/p-1/t9-/m1/s1. The van der Waals surface area contributed by atoms with Crippen LogP contribution >= 0.6 is 0 Å². The highest BCUT2D eigenvalue weighted by molar-refractivity contribution is 5.64. The Kier molecular flexibility index (Phi) is 7.69. The van der Waals surface area contributed by atoms with Crippen LogP contribution < -0.4 is 5.11 Å². The summed E-state index contributed by atoms with van der Waals surface area (Å²) >= 11 is 0. The fourth-order valence-corrected chi connectivity index (χ4v) is 1.28. The first-order valence-corrected chi connectivity index (χ1v) is 5.04. The third-order valence-corrected chi connectivity index (χ3v) is 2.04. The van der Waals surface area contributed by atoms with Crippen LogP contribution in [-0.2, 0) is 4.79 Å². The monoisotopic (exact) mass is 187 g/mol. The molecule has 0 aliphatic heterocycles. The van der Waals surface area contributed by atoms with Crippen LogP contribution in [0.5, 0.6) is 0 Å². The zero-order chi connectivity index (χ0) is 10.1. The lowest BCUT2D eigenvalue weighted by Gasteiger charge is -2.10. The minimum atomic E-state index is -1.17. The predicted molar refractivity (Wildman–Crippen MR) is 49.0 cm³/mol. The SMILES string of the molecule is CCCCCCC[C@@H](O)CC(=O)[O-]. The van der Waals surface area contributed by atoms with Crippen LogP contribution in [-0.4, -0.2) is 17.2 Å². The summed E-state index contributed by atoms with van der Waals surface area (Å²) in [6.07, 6.45) is 5.22. The summed E-state index contributed by atoms with van der Waals surface area (Å²) in [4.78, 5) is 10.1. The van der Waals surface area contributed by atoms with Gasteiger partial charge in [0.25, 0.3) is 0 Å². The van der Waals surface area contributed by atoms with Gasteiger partial charge in [0.05, 0.1) is 6.10 Å². The number of hydrogen-bond acceptors (Lipinski definition) is 3. The quantitative estimate of drug-likeness (QED) is 0.573. The van der Waals surface area contributed by atoms with Crippen LogP contribution in [0, 0.1) is 0 Å². The van der Waals surface area contributed by atoms with Gasteiger partial charge in [0.15, 0.2) is 0 Å². The number of carbonyl (C=O) groups is 1. The molecule has 1 N–H and O–H groups in total. The number of aliphatic hydroxyl groups is 1. The zero-order valence-electron chi connectivity index (χ0n) is 8.29. The van der Waals surface area contributed by atoms with Crippen LogP contribution in [0.2, 0.25) is 0 Å². The van der Waals surface area contributed by atoms with Crippen LogP contribution in [0.3, 0.4) is 0 Å². The molecular weight excluding hydrogens is 168 g/mol. The Morgan fingerprint density at radius 2 is 1.92 bits per heavy atom. The molecule has 0 aliphatic carbocycles. The Morgan fingerprint density at radius 3 is 2.46 bits per heavy atom. The lowest BCUT2D eigenvalue weighted by Crippen LogP contribution is -2.27. The molecule has 3 heteroatoms. The third kappa shape index (κ3) is 9.34. The van der Waals surface area contributed by atoms with E-state index in [9.17, 15) is 9.90 Å². The smallest absolute Gasteiger partial charge is 0.0592 e. The number of rotatable bonds is 8. The van der Waals surface area contributed by atoms with Gasteiger partial charge in [0, 0.05) is 12.4 Å². The van der Waals surface area contributed by atoms with Crippen molar-refractivity contribution in [1.82, 2.24) is 0 Å². The van der Waals surface area contributed by atoms with Gasteiger partial charge in [-0.05, 0) is 6.42 Å². The number of aliphatic hydroxyl groups excluding tert-OH is 1. The van der Waals surface area contributed by atoms with E-state index in [4.69, 9.17) is 5.11 Å². The first kappa shape index (κ1) is 12.4. The number of unbranched alkanes of at least 4 members (excludes halogenated alkanes) is 4. The molecule has 0 amide bonds. The highest BCUT2D eigenvalue weighted by Gasteiger charge is 2.03. The van der Waals surface area contributed by atoms with Gasteiger partial charge < -0.3 is 15.0 Å². The Balaban J connectivity index is 3.17. The largest absolute Gasteiger partial charge is 0.550 e. The molecule has 0 fully saturated rings. The third-order valence-electron chi connectivity index (χ3n) is 2.04. The molecule has 0 radical (unpaired) electrons. The average Bonchev–Trinajstić information content (AvgIpc) is 2.02. The van der Waals surface area contributed by atoms with Gasteiger partial charge in [-0.3, -0.25) is 0 Å². The van der Waals surface area contributed by atoms with Crippen LogP contribution in [0.4, 0.5) is 0 Å². The molecule has 13 heavy (non-hydrogen) atoms. The van der Waals surface area contributed by atoms with Crippen molar-refractivity contribution in [3.05, 3.63) is 0 Å². The molecule has 0 saturated carbocycles. The van der Waals surface area contributed by atoms with E-state index in [0.29, 0.717) is 6.42 Å². The number of carbonyl (C=O) groups excluding carboxylic acids is 1. The Labute approximate surface area is 79.8 Å². The highest BCUT2D eigenvalue weighted by atomic mass is 16.4. The van der Waals surface area contributed by atoms with E-state index < -0.39 is 12.1 Å². The van der Waals surface area contributed by atoms with Crippen molar-refractivity contribution in [2.24, 2.45) is 0 Å². The summed E-state index contributed by atoms with van der Waals surface area (Å²) in [6.45, 7) is 2.14. The van der Waals surface area contributed by atoms with Gasteiger partial charge in [-0.25, -0.2) is 0 Å². The lowest BCUT2D eigenvalue weighted by atomic mass is 10.1. The molecule has 1 atom stereocenters. The van der Waals surface area contributed by atoms with Crippen LogP contribution in [0.1, 0.15) is 51.9 Å². The van der Waals surface area contributed by atoms with Gasteiger partial charge in [-0.2, -0.15) is 0 Å². The van der Waals surface area contributed by atoms with E-state index in [2.05, 4.69) is 6.92 Å². The molecule has 0 aromatic rings. The summed E-state index contributed by atoms with van der Waals surface area (Å²) in [5.41, 5.74) is 0. The van der Waals surface area contributed by atoms with Gasteiger partial charge in [0.1, 0.15) is 0 Å². The highest BCUT2D eigenvalue weighted by Crippen LogP contribution is 2.08. The number of aliphatic carboxylic acids is 1. The molecule has 0 aromatic carbocycles. The second-order valence-corrected chi connectivity index (χ2v) is 3.43. The van der Waals surface area contributed by atoms with E-state index in [1.54, 1.807) is 0 Å². The van der Waals surface area contributed by atoms with Crippen molar-refractivity contribution in [2.45, 2.75) is 58.0 Å². The van der Waals surface area contributed by atoms with Crippen molar-refractivity contribution in [3.63, 3.8) is 0 Å². The molecule has 0 bridgehead atoms. The Morgan fingerprint density at radius 1 is 1.31 bits per heavy atom. The van der Waals surface area contributed by atoms with Gasteiger partial charge >= 0.3 is 0 Å². The van der Waals surface area contributed by atoms with Gasteiger partial charge in [-0.15, -0.1) is 0 Å². The fourth-order valence-electron chi connectivity index (χ4n) is 1.28. The predicted octanol–water partition coefficient (Wildman–Crippen LogP) is 0.848. The molecule has 0 saturated heterocycles. The van der Waals surface area contributed by atoms with Crippen molar-refractivity contribution < 1.29 is 15.0 Å². The van der Waals surface area contributed by atoms with Crippen molar-refractivity contribution in [3.8, 4) is 0 Å². The first-order valence-electron chi connectivity index (χ1n) is 5.04. The molecule has 0 unspecified atom stereocenters. The molecule has 0 aliphatic rings. The molecule has 0 rings (SSSR count).